The molecule has 0 saturated carbocycles. The summed E-state index contributed by atoms with van der Waals surface area (Å²) in [5.74, 6) is -0.979. The van der Waals surface area contributed by atoms with Gasteiger partial charge in [0.05, 0.1) is 13.5 Å². The third kappa shape index (κ3) is 5.04. The molecule has 1 fully saturated rings. The highest BCUT2D eigenvalue weighted by Gasteiger charge is 2.34. The molecule has 0 unspecified atom stereocenters. The molecular weight excluding hydrogens is 253 g/mol. The Morgan fingerprint density at radius 2 is 2.00 bits per heavy atom. The van der Waals surface area contributed by atoms with E-state index in [-0.39, 0.29) is 19.4 Å². The van der Waals surface area contributed by atoms with Crippen molar-refractivity contribution in [2.45, 2.75) is 45.4 Å². The second-order valence-electron chi connectivity index (χ2n) is 5.77. The fourth-order valence-corrected chi connectivity index (χ4v) is 1.99. The molecule has 2 atom stereocenters. The molecule has 1 saturated heterocycles. The number of amides is 1. The van der Waals surface area contributed by atoms with Gasteiger partial charge >= 0.3 is 12.1 Å². The first kappa shape index (κ1) is 15.7. The van der Waals surface area contributed by atoms with Gasteiger partial charge in [0.25, 0.3) is 0 Å². The summed E-state index contributed by atoms with van der Waals surface area (Å²) >= 11 is 0. The topological polar surface area (TPSA) is 55.8 Å². The number of alkyl halides is 1. The fourth-order valence-electron chi connectivity index (χ4n) is 1.99. The fraction of sp³-hybridized carbons (Fsp3) is 0.846. The minimum absolute atomic E-state index is 0.0169. The zero-order valence-corrected chi connectivity index (χ0v) is 11.9. The second-order valence-corrected chi connectivity index (χ2v) is 5.77. The Morgan fingerprint density at radius 1 is 1.37 bits per heavy atom. The molecule has 1 amide bonds. The van der Waals surface area contributed by atoms with Crippen LogP contribution in [0.1, 0.15) is 33.6 Å². The number of hydrogen-bond acceptors (Lipinski definition) is 4. The highest BCUT2D eigenvalue weighted by molar-refractivity contribution is 5.70. The van der Waals surface area contributed by atoms with Gasteiger partial charge in [-0.2, -0.15) is 0 Å². The molecule has 6 heteroatoms. The van der Waals surface area contributed by atoms with Crippen LogP contribution in [0.15, 0.2) is 0 Å². The van der Waals surface area contributed by atoms with E-state index in [0.717, 1.165) is 0 Å². The van der Waals surface area contributed by atoms with Crippen molar-refractivity contribution in [3.8, 4) is 0 Å². The van der Waals surface area contributed by atoms with Gasteiger partial charge in [0, 0.05) is 19.0 Å². The van der Waals surface area contributed by atoms with Crippen LogP contribution in [0.3, 0.4) is 0 Å². The van der Waals surface area contributed by atoms with Crippen molar-refractivity contribution in [3.63, 3.8) is 0 Å². The van der Waals surface area contributed by atoms with Gasteiger partial charge in [-0.25, -0.2) is 9.18 Å². The molecule has 0 aliphatic carbocycles. The molecule has 1 aliphatic rings. The maximum Gasteiger partial charge on any atom is 0.410 e. The number of carbonyl (C=O) groups is 2. The lowest BCUT2D eigenvalue weighted by Crippen LogP contribution is -2.47. The predicted octanol–water partition coefficient (Wildman–Crippen LogP) is 2.14. The number of methoxy groups -OCH3 is 1. The van der Waals surface area contributed by atoms with Crippen molar-refractivity contribution in [3.05, 3.63) is 0 Å². The van der Waals surface area contributed by atoms with Crippen LogP contribution < -0.4 is 0 Å². The Bertz CT molecular complexity index is 340. The van der Waals surface area contributed by atoms with E-state index in [2.05, 4.69) is 4.74 Å². The zero-order chi connectivity index (χ0) is 14.6. The molecule has 5 nitrogen and oxygen atoms in total. The number of halogens is 1. The van der Waals surface area contributed by atoms with E-state index in [9.17, 15) is 14.0 Å². The van der Waals surface area contributed by atoms with Gasteiger partial charge in [-0.15, -0.1) is 0 Å². The van der Waals surface area contributed by atoms with Crippen LogP contribution in [0.4, 0.5) is 9.18 Å². The van der Waals surface area contributed by atoms with Crippen LogP contribution in [-0.2, 0) is 14.3 Å². The highest BCUT2D eigenvalue weighted by Crippen LogP contribution is 2.25. The number of piperidine rings is 1. The normalized spacial score (nSPS) is 23.9. The molecule has 1 heterocycles. The minimum Gasteiger partial charge on any atom is -0.469 e. The van der Waals surface area contributed by atoms with E-state index in [4.69, 9.17) is 4.74 Å². The Hall–Kier alpha value is -1.33. The van der Waals surface area contributed by atoms with Crippen LogP contribution >= 0.6 is 0 Å². The summed E-state index contributed by atoms with van der Waals surface area (Å²) in [6, 6.07) is 0. The number of likely N-dealkylation sites (tertiary alicyclic amines) is 1. The predicted molar refractivity (Wildman–Crippen MR) is 67.4 cm³/mol. The molecule has 1 rings (SSSR count). The SMILES string of the molecule is COC(=O)C[C@@H]1CN(C(=O)OC(C)(C)C)CC[C@H]1F. The first-order valence-electron chi connectivity index (χ1n) is 6.41. The van der Waals surface area contributed by atoms with Crippen molar-refractivity contribution >= 4 is 12.1 Å². The van der Waals surface area contributed by atoms with Gasteiger partial charge < -0.3 is 14.4 Å². The maximum atomic E-state index is 13.7. The minimum atomic E-state index is -1.09. The van der Waals surface area contributed by atoms with E-state index in [1.54, 1.807) is 20.8 Å². The lowest BCUT2D eigenvalue weighted by atomic mass is 9.93. The van der Waals surface area contributed by atoms with Crippen LogP contribution in [0.5, 0.6) is 0 Å². The largest absolute Gasteiger partial charge is 0.469 e. The molecule has 0 N–H and O–H groups in total. The number of esters is 1. The molecule has 0 spiro atoms. The van der Waals surface area contributed by atoms with Crippen LogP contribution in [0.2, 0.25) is 0 Å². The Labute approximate surface area is 113 Å². The van der Waals surface area contributed by atoms with Gasteiger partial charge in [0.15, 0.2) is 0 Å². The van der Waals surface area contributed by atoms with E-state index < -0.39 is 29.8 Å². The number of nitrogens with zero attached hydrogens (tertiary/aromatic N) is 1. The summed E-state index contributed by atoms with van der Waals surface area (Å²) in [6.45, 7) is 5.83. The van der Waals surface area contributed by atoms with Gasteiger partial charge in [0.2, 0.25) is 0 Å². The van der Waals surface area contributed by atoms with Crippen LogP contribution in [0, 0.1) is 5.92 Å². The average Bonchev–Trinajstić information content (AvgIpc) is 2.29. The van der Waals surface area contributed by atoms with Crippen LogP contribution in [-0.4, -0.2) is 48.9 Å². The highest BCUT2D eigenvalue weighted by atomic mass is 19.1. The van der Waals surface area contributed by atoms with Crippen molar-refractivity contribution in [1.82, 2.24) is 4.90 Å². The monoisotopic (exact) mass is 275 g/mol. The molecule has 0 bridgehead atoms. The third-order valence-electron chi connectivity index (χ3n) is 2.95. The number of ether oxygens (including phenoxy) is 2. The van der Waals surface area contributed by atoms with Crippen molar-refractivity contribution in [2.75, 3.05) is 20.2 Å². The van der Waals surface area contributed by atoms with Crippen molar-refractivity contribution < 1.29 is 23.5 Å². The quantitative estimate of drug-likeness (QED) is 0.725. The summed E-state index contributed by atoms with van der Waals surface area (Å²) < 4.78 is 23.5. The molecule has 0 radical (unpaired) electrons. The summed E-state index contributed by atoms with van der Waals surface area (Å²) in [5.41, 5.74) is -0.582. The summed E-state index contributed by atoms with van der Waals surface area (Å²) in [5, 5.41) is 0. The number of rotatable bonds is 2. The third-order valence-corrected chi connectivity index (χ3v) is 2.95. The van der Waals surface area contributed by atoms with Gasteiger partial charge in [-0.05, 0) is 27.2 Å². The van der Waals surface area contributed by atoms with E-state index in [1.165, 1.54) is 12.0 Å². The summed E-state index contributed by atoms with van der Waals surface area (Å²) in [7, 11) is 1.27. The van der Waals surface area contributed by atoms with Crippen molar-refractivity contribution in [2.24, 2.45) is 5.92 Å². The first-order valence-corrected chi connectivity index (χ1v) is 6.41. The Morgan fingerprint density at radius 3 is 2.53 bits per heavy atom. The van der Waals surface area contributed by atoms with Gasteiger partial charge in [-0.1, -0.05) is 0 Å². The lowest BCUT2D eigenvalue weighted by molar-refractivity contribution is -0.143. The van der Waals surface area contributed by atoms with Gasteiger partial charge in [-0.3, -0.25) is 4.79 Å². The smallest absolute Gasteiger partial charge is 0.410 e. The Kier molecular flexibility index (Phi) is 5.14. The molecule has 110 valence electrons. The van der Waals surface area contributed by atoms with E-state index in [0.29, 0.717) is 6.54 Å². The second kappa shape index (κ2) is 6.21. The Balaban J connectivity index is 2.58. The van der Waals surface area contributed by atoms with E-state index >= 15 is 0 Å². The summed E-state index contributed by atoms with van der Waals surface area (Å²) in [4.78, 5) is 24.5. The van der Waals surface area contributed by atoms with E-state index in [1.807, 2.05) is 0 Å². The lowest BCUT2D eigenvalue weighted by Gasteiger charge is -2.35. The van der Waals surface area contributed by atoms with Crippen molar-refractivity contribution in [1.29, 1.82) is 0 Å². The maximum absolute atomic E-state index is 13.7. The number of hydrogen-bond donors (Lipinski definition) is 0. The molecule has 0 aromatic heterocycles. The average molecular weight is 275 g/mol. The standard InChI is InChI=1S/C13H22FNO4/c1-13(2,3)19-12(17)15-6-5-10(14)9(8-15)7-11(16)18-4/h9-10H,5-8H2,1-4H3/t9-,10-/m1/s1. The zero-order valence-electron chi connectivity index (χ0n) is 11.9. The summed E-state index contributed by atoms with van der Waals surface area (Å²) in [6.07, 6.45) is -1.34. The molecule has 19 heavy (non-hydrogen) atoms. The van der Waals surface area contributed by atoms with Gasteiger partial charge in [0.1, 0.15) is 11.8 Å². The molecular formula is C13H22FNO4. The number of carbonyl (C=O) groups excluding carboxylic acids is 2. The van der Waals surface area contributed by atoms with Crippen LogP contribution in [0.25, 0.3) is 0 Å². The molecule has 0 aromatic rings. The molecule has 0 aromatic carbocycles. The first-order chi connectivity index (χ1) is 8.73. The molecule has 1 aliphatic heterocycles.